The quantitative estimate of drug-likeness (QED) is 0.584. The van der Waals surface area contributed by atoms with Crippen LogP contribution in [0, 0.1) is 3.57 Å². The molecule has 1 aromatic rings. The number of benzene rings is 1. The summed E-state index contributed by atoms with van der Waals surface area (Å²) in [7, 11) is 0. The van der Waals surface area contributed by atoms with Crippen molar-refractivity contribution in [2.75, 3.05) is 26.2 Å². The number of piperidine rings is 1. The maximum absolute atomic E-state index is 12.3. The van der Waals surface area contributed by atoms with Gasteiger partial charge in [-0.25, -0.2) is 0 Å². The van der Waals surface area contributed by atoms with Gasteiger partial charge in [-0.3, -0.25) is 4.79 Å². The van der Waals surface area contributed by atoms with Gasteiger partial charge in [0.15, 0.2) is 0 Å². The van der Waals surface area contributed by atoms with Crippen LogP contribution >= 0.6 is 35.0 Å². The molecule has 2 rings (SSSR count). The predicted molar refractivity (Wildman–Crippen MR) is 95.0 cm³/mol. The molecular weight excluding hydrogens is 403 g/mol. The standard InChI is InChI=1S/C15H21IN2O2.ClH/c16-13-4-2-12(3-5-13)15(19)18-9-6-14(7-10-18)20-11-1-8-17;/h2-5,14H,1,6-11,17H2;1H. The normalized spacial score (nSPS) is 15.6. The highest BCUT2D eigenvalue weighted by Gasteiger charge is 2.23. The van der Waals surface area contributed by atoms with Crippen molar-refractivity contribution in [2.45, 2.75) is 25.4 Å². The van der Waals surface area contributed by atoms with E-state index in [4.69, 9.17) is 10.5 Å². The number of nitrogens with zero attached hydrogens (tertiary/aromatic N) is 1. The highest BCUT2D eigenvalue weighted by Crippen LogP contribution is 2.17. The molecule has 0 bridgehead atoms. The average Bonchev–Trinajstić information content (AvgIpc) is 2.48. The number of halogens is 2. The summed E-state index contributed by atoms with van der Waals surface area (Å²) in [6.07, 6.45) is 3.02. The summed E-state index contributed by atoms with van der Waals surface area (Å²) in [5, 5.41) is 0. The molecule has 0 spiro atoms. The molecule has 0 aromatic heterocycles. The lowest BCUT2D eigenvalue weighted by molar-refractivity contribution is 0.00845. The van der Waals surface area contributed by atoms with Crippen LogP contribution < -0.4 is 5.73 Å². The number of amides is 1. The smallest absolute Gasteiger partial charge is 0.253 e. The molecule has 4 nitrogen and oxygen atoms in total. The fraction of sp³-hybridized carbons (Fsp3) is 0.533. The molecule has 1 aliphatic heterocycles. The van der Waals surface area contributed by atoms with Crippen molar-refractivity contribution in [1.82, 2.24) is 4.90 Å². The van der Waals surface area contributed by atoms with Crippen LogP contribution in [0.1, 0.15) is 29.6 Å². The van der Waals surface area contributed by atoms with Gasteiger partial charge in [-0.2, -0.15) is 0 Å². The fourth-order valence-electron chi connectivity index (χ4n) is 2.33. The van der Waals surface area contributed by atoms with Crippen LogP contribution in [0.15, 0.2) is 24.3 Å². The third kappa shape index (κ3) is 5.73. The molecule has 0 saturated carbocycles. The van der Waals surface area contributed by atoms with E-state index in [1.165, 1.54) is 0 Å². The number of ether oxygens (including phenoxy) is 1. The van der Waals surface area contributed by atoms with Gasteiger partial charge in [0.1, 0.15) is 0 Å². The van der Waals surface area contributed by atoms with Crippen LogP contribution in [0.5, 0.6) is 0 Å². The minimum Gasteiger partial charge on any atom is -0.378 e. The van der Waals surface area contributed by atoms with E-state index in [9.17, 15) is 4.79 Å². The Hall–Kier alpha value is -0.370. The first kappa shape index (κ1) is 18.7. The third-order valence-electron chi connectivity index (χ3n) is 3.52. The van der Waals surface area contributed by atoms with Gasteiger partial charge >= 0.3 is 0 Å². The van der Waals surface area contributed by atoms with Crippen molar-refractivity contribution in [3.63, 3.8) is 0 Å². The van der Waals surface area contributed by atoms with Crippen molar-refractivity contribution in [3.8, 4) is 0 Å². The van der Waals surface area contributed by atoms with Crippen molar-refractivity contribution < 1.29 is 9.53 Å². The predicted octanol–water partition coefficient (Wildman–Crippen LogP) is 2.68. The minimum atomic E-state index is 0. The van der Waals surface area contributed by atoms with Crippen LogP contribution in [-0.2, 0) is 4.74 Å². The molecule has 118 valence electrons. The molecule has 1 heterocycles. The summed E-state index contributed by atoms with van der Waals surface area (Å²) in [6.45, 7) is 2.95. The Balaban J connectivity index is 0.00000220. The largest absolute Gasteiger partial charge is 0.378 e. The Labute approximate surface area is 145 Å². The molecule has 2 N–H and O–H groups in total. The van der Waals surface area contributed by atoms with Crippen molar-refractivity contribution in [3.05, 3.63) is 33.4 Å². The van der Waals surface area contributed by atoms with Gasteiger partial charge in [-0.1, -0.05) is 0 Å². The number of likely N-dealkylation sites (tertiary alicyclic amines) is 1. The second-order valence-corrected chi connectivity index (χ2v) is 6.26. The lowest BCUT2D eigenvalue weighted by atomic mass is 10.1. The topological polar surface area (TPSA) is 55.6 Å². The SMILES string of the molecule is Cl.NCCCOC1CCN(C(=O)c2ccc(I)cc2)CC1. The summed E-state index contributed by atoms with van der Waals surface area (Å²) in [5.74, 6) is 0.127. The summed E-state index contributed by atoms with van der Waals surface area (Å²) in [5.41, 5.74) is 6.22. The third-order valence-corrected chi connectivity index (χ3v) is 4.24. The Kier molecular flexibility index (Phi) is 8.55. The van der Waals surface area contributed by atoms with E-state index in [0.29, 0.717) is 6.54 Å². The van der Waals surface area contributed by atoms with Gasteiger partial charge in [0.25, 0.3) is 5.91 Å². The zero-order chi connectivity index (χ0) is 14.4. The lowest BCUT2D eigenvalue weighted by Crippen LogP contribution is -2.41. The van der Waals surface area contributed by atoms with E-state index in [2.05, 4.69) is 22.6 Å². The van der Waals surface area contributed by atoms with Crippen LogP contribution in [0.25, 0.3) is 0 Å². The second-order valence-electron chi connectivity index (χ2n) is 5.01. The van der Waals surface area contributed by atoms with E-state index in [1.54, 1.807) is 0 Å². The monoisotopic (exact) mass is 424 g/mol. The van der Waals surface area contributed by atoms with Crippen LogP contribution in [-0.4, -0.2) is 43.2 Å². The Morgan fingerprint density at radius 2 is 1.90 bits per heavy atom. The first-order chi connectivity index (χ1) is 9.70. The zero-order valence-corrected chi connectivity index (χ0v) is 14.9. The summed E-state index contributed by atoms with van der Waals surface area (Å²) in [4.78, 5) is 14.3. The first-order valence-corrected chi connectivity index (χ1v) is 8.15. The van der Waals surface area contributed by atoms with Gasteiger partial charge in [-0.15, -0.1) is 12.4 Å². The highest BCUT2D eigenvalue weighted by molar-refractivity contribution is 14.1. The summed E-state index contributed by atoms with van der Waals surface area (Å²) < 4.78 is 6.90. The molecule has 1 aliphatic rings. The number of hydrogen-bond donors (Lipinski definition) is 1. The van der Waals surface area contributed by atoms with E-state index in [1.807, 2.05) is 29.2 Å². The molecule has 1 aromatic carbocycles. The van der Waals surface area contributed by atoms with E-state index in [0.717, 1.165) is 48.1 Å². The van der Waals surface area contributed by atoms with Crippen molar-refractivity contribution in [2.24, 2.45) is 5.73 Å². The molecular formula is C15H22ClIN2O2. The highest BCUT2D eigenvalue weighted by atomic mass is 127. The van der Waals surface area contributed by atoms with Crippen LogP contribution in [0.3, 0.4) is 0 Å². The van der Waals surface area contributed by atoms with Crippen molar-refractivity contribution >= 4 is 40.9 Å². The van der Waals surface area contributed by atoms with Gasteiger partial charge in [-0.05, 0) is 72.7 Å². The second kappa shape index (κ2) is 9.61. The minimum absolute atomic E-state index is 0. The molecule has 1 saturated heterocycles. The number of nitrogens with two attached hydrogens (primary N) is 1. The van der Waals surface area contributed by atoms with Crippen LogP contribution in [0.2, 0.25) is 0 Å². The zero-order valence-electron chi connectivity index (χ0n) is 12.0. The Morgan fingerprint density at radius 3 is 2.48 bits per heavy atom. The lowest BCUT2D eigenvalue weighted by Gasteiger charge is -2.32. The molecule has 0 atom stereocenters. The molecule has 6 heteroatoms. The van der Waals surface area contributed by atoms with E-state index < -0.39 is 0 Å². The summed E-state index contributed by atoms with van der Waals surface area (Å²) >= 11 is 2.24. The van der Waals surface area contributed by atoms with Gasteiger partial charge in [0.05, 0.1) is 6.10 Å². The fourth-order valence-corrected chi connectivity index (χ4v) is 2.69. The molecule has 0 radical (unpaired) electrons. The van der Waals surface area contributed by atoms with Gasteiger partial charge in [0.2, 0.25) is 0 Å². The molecule has 1 fully saturated rings. The number of hydrogen-bond acceptors (Lipinski definition) is 3. The van der Waals surface area contributed by atoms with Gasteiger partial charge < -0.3 is 15.4 Å². The molecule has 0 aliphatic carbocycles. The molecule has 0 unspecified atom stereocenters. The Bertz CT molecular complexity index is 434. The maximum Gasteiger partial charge on any atom is 0.253 e. The maximum atomic E-state index is 12.3. The van der Waals surface area contributed by atoms with E-state index in [-0.39, 0.29) is 24.4 Å². The van der Waals surface area contributed by atoms with Crippen LogP contribution in [0.4, 0.5) is 0 Å². The Morgan fingerprint density at radius 1 is 1.29 bits per heavy atom. The number of carbonyl (C=O) groups is 1. The average molecular weight is 425 g/mol. The van der Waals surface area contributed by atoms with Crippen molar-refractivity contribution in [1.29, 1.82) is 0 Å². The number of carbonyl (C=O) groups excluding carboxylic acids is 1. The summed E-state index contributed by atoms with van der Waals surface area (Å²) in [6, 6.07) is 7.73. The van der Waals surface area contributed by atoms with Gasteiger partial charge in [0, 0.05) is 28.8 Å². The number of rotatable bonds is 5. The molecule has 1 amide bonds. The molecule has 21 heavy (non-hydrogen) atoms. The first-order valence-electron chi connectivity index (χ1n) is 7.07. The van der Waals surface area contributed by atoms with E-state index >= 15 is 0 Å².